The van der Waals surface area contributed by atoms with Crippen LogP contribution in [0.2, 0.25) is 0 Å². The molecule has 8 heteroatoms. The Labute approximate surface area is 148 Å². The number of nitrogen functional groups attached to an aromatic ring is 1. The minimum absolute atomic E-state index is 0.208. The Hall–Kier alpha value is -3.68. The van der Waals surface area contributed by atoms with E-state index in [1.807, 2.05) is 31.4 Å². The number of aryl methyl sites for hydroxylation is 2. The summed E-state index contributed by atoms with van der Waals surface area (Å²) in [5, 5.41) is 11.5. The van der Waals surface area contributed by atoms with E-state index in [0.717, 1.165) is 11.1 Å². The van der Waals surface area contributed by atoms with Gasteiger partial charge in [0.1, 0.15) is 0 Å². The fraction of sp³-hybridized carbons (Fsp3) is 0.111. The predicted molar refractivity (Wildman–Crippen MR) is 97.6 cm³/mol. The van der Waals surface area contributed by atoms with Gasteiger partial charge in [-0.05, 0) is 30.7 Å². The summed E-state index contributed by atoms with van der Waals surface area (Å²) in [6, 6.07) is 7.21. The summed E-state index contributed by atoms with van der Waals surface area (Å²) < 4.78 is 7.08. The van der Waals surface area contributed by atoms with Crippen molar-refractivity contribution in [2.75, 3.05) is 11.1 Å². The number of fused-ring (bicyclic) bond motifs is 1. The first kappa shape index (κ1) is 15.8. The number of carbonyl (C=O) groups excluding carboxylic acids is 1. The highest BCUT2D eigenvalue weighted by Gasteiger charge is 2.18. The minimum atomic E-state index is -0.381. The number of amides is 1. The Morgan fingerprint density at radius 3 is 2.85 bits per heavy atom. The second-order valence-electron chi connectivity index (χ2n) is 6.00. The normalized spacial score (nSPS) is 11.0. The van der Waals surface area contributed by atoms with Crippen molar-refractivity contribution < 1.29 is 9.32 Å². The molecule has 8 nitrogen and oxygen atoms in total. The standard InChI is InChI=1S/C18H16N6O2/c1-10-15(6-13(19)8-20-10)22-18(25)17-14-4-3-11(5-16(14)26-23-17)12-7-21-24(2)9-12/h3-9H,19H2,1-2H3,(H,22,25). The molecule has 0 aliphatic carbocycles. The number of nitrogens with one attached hydrogen (secondary N) is 1. The van der Waals surface area contributed by atoms with Crippen LogP contribution in [0.25, 0.3) is 22.1 Å². The van der Waals surface area contributed by atoms with Crippen LogP contribution in [0.5, 0.6) is 0 Å². The molecule has 1 aromatic carbocycles. The van der Waals surface area contributed by atoms with Crippen molar-refractivity contribution in [3.05, 3.63) is 54.2 Å². The summed E-state index contributed by atoms with van der Waals surface area (Å²) in [6.07, 6.45) is 5.21. The van der Waals surface area contributed by atoms with Crippen LogP contribution in [0, 0.1) is 6.92 Å². The highest BCUT2D eigenvalue weighted by atomic mass is 16.5. The third-order valence-corrected chi connectivity index (χ3v) is 4.08. The molecule has 0 saturated heterocycles. The molecular weight excluding hydrogens is 332 g/mol. The molecule has 0 radical (unpaired) electrons. The monoisotopic (exact) mass is 348 g/mol. The fourth-order valence-corrected chi connectivity index (χ4v) is 2.71. The maximum Gasteiger partial charge on any atom is 0.278 e. The number of carbonyl (C=O) groups is 1. The SMILES string of the molecule is Cc1ncc(N)cc1NC(=O)c1noc2cc(-c3cnn(C)c3)ccc12. The molecule has 4 aromatic rings. The summed E-state index contributed by atoms with van der Waals surface area (Å²) in [6.45, 7) is 1.79. The Kier molecular flexibility index (Phi) is 3.65. The number of hydrogen-bond acceptors (Lipinski definition) is 6. The first-order valence-corrected chi connectivity index (χ1v) is 7.93. The van der Waals surface area contributed by atoms with Crippen LogP contribution in [0.1, 0.15) is 16.2 Å². The van der Waals surface area contributed by atoms with Crippen molar-refractivity contribution in [2.45, 2.75) is 6.92 Å². The molecule has 1 amide bonds. The topological polar surface area (TPSA) is 112 Å². The molecule has 0 saturated carbocycles. The van der Waals surface area contributed by atoms with Crippen LogP contribution < -0.4 is 11.1 Å². The summed E-state index contributed by atoms with van der Waals surface area (Å²) in [5.41, 5.74) is 10.0. The predicted octanol–water partition coefficient (Wildman–Crippen LogP) is 2.77. The number of nitrogens with two attached hydrogens (primary N) is 1. The lowest BCUT2D eigenvalue weighted by Crippen LogP contribution is -2.14. The molecule has 0 atom stereocenters. The highest BCUT2D eigenvalue weighted by Crippen LogP contribution is 2.27. The Bertz CT molecular complexity index is 1130. The van der Waals surface area contributed by atoms with E-state index in [4.69, 9.17) is 10.3 Å². The van der Waals surface area contributed by atoms with Gasteiger partial charge in [-0.1, -0.05) is 11.2 Å². The average molecular weight is 348 g/mol. The molecule has 26 heavy (non-hydrogen) atoms. The van der Waals surface area contributed by atoms with Crippen molar-refractivity contribution >= 4 is 28.3 Å². The van der Waals surface area contributed by atoms with Gasteiger partial charge in [-0.3, -0.25) is 14.5 Å². The zero-order valence-corrected chi connectivity index (χ0v) is 14.2. The quantitative estimate of drug-likeness (QED) is 0.589. The van der Waals surface area contributed by atoms with Gasteiger partial charge < -0.3 is 15.6 Å². The van der Waals surface area contributed by atoms with Gasteiger partial charge in [0, 0.05) is 18.8 Å². The van der Waals surface area contributed by atoms with Gasteiger partial charge in [0.2, 0.25) is 0 Å². The molecule has 0 spiro atoms. The third kappa shape index (κ3) is 2.77. The lowest BCUT2D eigenvalue weighted by molar-refractivity contribution is 0.102. The number of anilines is 2. The Balaban J connectivity index is 1.66. The van der Waals surface area contributed by atoms with Gasteiger partial charge in [0.15, 0.2) is 11.3 Å². The van der Waals surface area contributed by atoms with Gasteiger partial charge in [-0.2, -0.15) is 5.10 Å². The van der Waals surface area contributed by atoms with Gasteiger partial charge in [-0.15, -0.1) is 0 Å². The van der Waals surface area contributed by atoms with Crippen LogP contribution in [-0.4, -0.2) is 25.8 Å². The van der Waals surface area contributed by atoms with Crippen molar-refractivity contribution in [1.82, 2.24) is 19.9 Å². The first-order chi connectivity index (χ1) is 12.5. The zero-order chi connectivity index (χ0) is 18.3. The van der Waals surface area contributed by atoms with Crippen molar-refractivity contribution in [3.8, 4) is 11.1 Å². The molecule has 4 rings (SSSR count). The molecule has 3 N–H and O–H groups in total. The van der Waals surface area contributed by atoms with Gasteiger partial charge in [0.05, 0.1) is 34.8 Å². The van der Waals surface area contributed by atoms with Crippen molar-refractivity contribution in [1.29, 1.82) is 0 Å². The van der Waals surface area contributed by atoms with E-state index in [1.165, 1.54) is 6.20 Å². The van der Waals surface area contributed by atoms with E-state index in [9.17, 15) is 4.79 Å². The lowest BCUT2D eigenvalue weighted by Gasteiger charge is -2.07. The Morgan fingerprint density at radius 2 is 2.08 bits per heavy atom. The largest absolute Gasteiger partial charge is 0.397 e. The van der Waals surface area contributed by atoms with Gasteiger partial charge >= 0.3 is 0 Å². The summed E-state index contributed by atoms with van der Waals surface area (Å²) in [5.74, 6) is -0.381. The zero-order valence-electron chi connectivity index (χ0n) is 14.2. The Morgan fingerprint density at radius 1 is 1.23 bits per heavy atom. The van der Waals surface area contributed by atoms with Crippen LogP contribution >= 0.6 is 0 Å². The fourth-order valence-electron chi connectivity index (χ4n) is 2.71. The minimum Gasteiger partial charge on any atom is -0.397 e. The second-order valence-corrected chi connectivity index (χ2v) is 6.00. The smallest absolute Gasteiger partial charge is 0.278 e. The lowest BCUT2D eigenvalue weighted by atomic mass is 10.1. The molecule has 0 fully saturated rings. The maximum atomic E-state index is 12.6. The number of rotatable bonds is 3. The van der Waals surface area contributed by atoms with E-state index in [2.05, 4.69) is 20.6 Å². The van der Waals surface area contributed by atoms with E-state index < -0.39 is 0 Å². The van der Waals surface area contributed by atoms with Crippen LogP contribution in [0.4, 0.5) is 11.4 Å². The molecule has 0 aliphatic rings. The second kappa shape index (κ2) is 5.99. The van der Waals surface area contributed by atoms with Gasteiger partial charge in [-0.25, -0.2) is 0 Å². The molecular formula is C18H16N6O2. The molecule has 0 unspecified atom stereocenters. The average Bonchev–Trinajstić information content (AvgIpc) is 3.23. The van der Waals surface area contributed by atoms with Crippen LogP contribution in [0.15, 0.2) is 47.4 Å². The summed E-state index contributed by atoms with van der Waals surface area (Å²) in [4.78, 5) is 16.7. The number of hydrogen-bond donors (Lipinski definition) is 2. The van der Waals surface area contributed by atoms with E-state index in [-0.39, 0.29) is 11.6 Å². The number of benzene rings is 1. The summed E-state index contributed by atoms with van der Waals surface area (Å²) in [7, 11) is 1.85. The molecule has 3 aromatic heterocycles. The number of nitrogens with zero attached hydrogens (tertiary/aromatic N) is 4. The van der Waals surface area contributed by atoms with E-state index in [0.29, 0.717) is 28.0 Å². The summed E-state index contributed by atoms with van der Waals surface area (Å²) >= 11 is 0. The van der Waals surface area contributed by atoms with Crippen molar-refractivity contribution in [2.24, 2.45) is 7.05 Å². The van der Waals surface area contributed by atoms with Crippen LogP contribution in [0.3, 0.4) is 0 Å². The van der Waals surface area contributed by atoms with E-state index in [1.54, 1.807) is 23.9 Å². The van der Waals surface area contributed by atoms with Crippen LogP contribution in [-0.2, 0) is 7.05 Å². The molecule has 130 valence electrons. The first-order valence-electron chi connectivity index (χ1n) is 7.93. The molecule has 3 heterocycles. The van der Waals surface area contributed by atoms with Crippen molar-refractivity contribution in [3.63, 3.8) is 0 Å². The number of aromatic nitrogens is 4. The maximum absolute atomic E-state index is 12.6. The third-order valence-electron chi connectivity index (χ3n) is 4.08. The molecule has 0 aliphatic heterocycles. The van der Waals surface area contributed by atoms with E-state index >= 15 is 0 Å². The highest BCUT2D eigenvalue weighted by molar-refractivity contribution is 6.11. The van der Waals surface area contributed by atoms with Gasteiger partial charge in [0.25, 0.3) is 5.91 Å². The molecule has 0 bridgehead atoms. The number of pyridine rings is 1.